The van der Waals surface area contributed by atoms with Crippen molar-refractivity contribution in [2.24, 2.45) is 7.05 Å². The van der Waals surface area contributed by atoms with Crippen LogP contribution in [0.2, 0.25) is 0 Å². The van der Waals surface area contributed by atoms with Crippen molar-refractivity contribution in [1.29, 1.82) is 0 Å². The zero-order valence-corrected chi connectivity index (χ0v) is 13.0. The SMILES string of the molecule is CCc1nnc(N2CCC(c3cnn(C)c3)C2)nc1CC. The summed E-state index contributed by atoms with van der Waals surface area (Å²) in [5, 5.41) is 12.9. The molecule has 0 bridgehead atoms. The summed E-state index contributed by atoms with van der Waals surface area (Å²) in [7, 11) is 1.96. The molecule has 112 valence electrons. The molecular formula is C15H22N6. The van der Waals surface area contributed by atoms with Crippen molar-refractivity contribution in [3.8, 4) is 0 Å². The Morgan fingerprint density at radius 3 is 2.67 bits per heavy atom. The van der Waals surface area contributed by atoms with Gasteiger partial charge in [0.1, 0.15) is 0 Å². The molecule has 1 fully saturated rings. The molecule has 0 aromatic carbocycles. The molecule has 2 aromatic heterocycles. The van der Waals surface area contributed by atoms with E-state index in [1.54, 1.807) is 0 Å². The Labute approximate surface area is 125 Å². The number of hydrogen-bond acceptors (Lipinski definition) is 5. The average Bonchev–Trinajstić information content (AvgIpc) is 3.15. The van der Waals surface area contributed by atoms with Crippen LogP contribution in [-0.4, -0.2) is 38.1 Å². The second-order valence-corrected chi connectivity index (χ2v) is 5.59. The van der Waals surface area contributed by atoms with E-state index in [4.69, 9.17) is 4.98 Å². The predicted octanol–water partition coefficient (Wildman–Crippen LogP) is 1.72. The topological polar surface area (TPSA) is 59.7 Å². The van der Waals surface area contributed by atoms with Gasteiger partial charge in [0.2, 0.25) is 5.95 Å². The summed E-state index contributed by atoms with van der Waals surface area (Å²) in [5.41, 5.74) is 3.39. The van der Waals surface area contributed by atoms with Gasteiger partial charge in [-0.05, 0) is 24.8 Å². The van der Waals surface area contributed by atoms with E-state index in [1.165, 1.54) is 5.56 Å². The number of rotatable bonds is 4. The smallest absolute Gasteiger partial charge is 0.245 e. The Morgan fingerprint density at radius 2 is 2.00 bits per heavy atom. The van der Waals surface area contributed by atoms with Crippen LogP contribution >= 0.6 is 0 Å². The largest absolute Gasteiger partial charge is 0.339 e. The van der Waals surface area contributed by atoms with E-state index in [0.717, 1.165) is 49.7 Å². The van der Waals surface area contributed by atoms with Gasteiger partial charge in [-0.2, -0.15) is 10.2 Å². The highest BCUT2D eigenvalue weighted by atomic mass is 15.3. The Bertz CT molecular complexity index is 620. The number of anilines is 1. The fourth-order valence-electron chi connectivity index (χ4n) is 2.93. The van der Waals surface area contributed by atoms with E-state index in [0.29, 0.717) is 5.92 Å². The van der Waals surface area contributed by atoms with Gasteiger partial charge in [0, 0.05) is 32.3 Å². The van der Waals surface area contributed by atoms with Crippen LogP contribution in [0.4, 0.5) is 5.95 Å². The highest BCUT2D eigenvalue weighted by molar-refractivity contribution is 5.34. The fourth-order valence-corrected chi connectivity index (χ4v) is 2.93. The molecule has 2 aromatic rings. The van der Waals surface area contributed by atoms with Crippen molar-refractivity contribution in [2.45, 2.75) is 39.0 Å². The zero-order valence-electron chi connectivity index (χ0n) is 13.0. The number of aryl methyl sites for hydroxylation is 3. The Hall–Kier alpha value is -1.98. The third kappa shape index (κ3) is 2.75. The van der Waals surface area contributed by atoms with E-state index in [2.05, 4.69) is 40.2 Å². The van der Waals surface area contributed by atoms with Gasteiger partial charge in [-0.15, -0.1) is 5.10 Å². The van der Waals surface area contributed by atoms with Gasteiger partial charge in [0.25, 0.3) is 0 Å². The van der Waals surface area contributed by atoms with Gasteiger partial charge >= 0.3 is 0 Å². The lowest BCUT2D eigenvalue weighted by molar-refractivity contribution is 0.749. The van der Waals surface area contributed by atoms with Crippen LogP contribution in [0.1, 0.15) is 43.1 Å². The third-order valence-electron chi connectivity index (χ3n) is 4.17. The first-order valence-electron chi connectivity index (χ1n) is 7.67. The maximum Gasteiger partial charge on any atom is 0.245 e. The minimum Gasteiger partial charge on any atom is -0.339 e. The first-order chi connectivity index (χ1) is 10.2. The van der Waals surface area contributed by atoms with Crippen molar-refractivity contribution in [2.75, 3.05) is 18.0 Å². The first-order valence-corrected chi connectivity index (χ1v) is 7.67. The molecule has 1 aliphatic heterocycles. The molecule has 21 heavy (non-hydrogen) atoms. The molecule has 3 heterocycles. The summed E-state index contributed by atoms with van der Waals surface area (Å²) >= 11 is 0. The van der Waals surface area contributed by atoms with Gasteiger partial charge in [-0.1, -0.05) is 13.8 Å². The molecule has 0 N–H and O–H groups in total. The van der Waals surface area contributed by atoms with Crippen molar-refractivity contribution >= 4 is 5.95 Å². The minimum atomic E-state index is 0.512. The molecule has 1 saturated heterocycles. The Kier molecular flexibility index (Phi) is 3.86. The van der Waals surface area contributed by atoms with Crippen LogP contribution < -0.4 is 4.90 Å². The molecule has 1 atom stereocenters. The highest BCUT2D eigenvalue weighted by Crippen LogP contribution is 2.28. The van der Waals surface area contributed by atoms with E-state index in [-0.39, 0.29) is 0 Å². The Balaban J connectivity index is 1.77. The molecule has 0 amide bonds. The average molecular weight is 286 g/mol. The normalized spacial score (nSPS) is 18.4. The van der Waals surface area contributed by atoms with Gasteiger partial charge in [-0.3, -0.25) is 4.68 Å². The molecule has 0 aliphatic carbocycles. The zero-order chi connectivity index (χ0) is 14.8. The molecule has 6 heteroatoms. The lowest BCUT2D eigenvalue weighted by atomic mass is 10.0. The van der Waals surface area contributed by atoms with Gasteiger partial charge in [0.05, 0.1) is 17.6 Å². The van der Waals surface area contributed by atoms with Crippen LogP contribution in [0, 0.1) is 0 Å². The molecule has 6 nitrogen and oxygen atoms in total. The van der Waals surface area contributed by atoms with Crippen LogP contribution in [0.3, 0.4) is 0 Å². The second-order valence-electron chi connectivity index (χ2n) is 5.59. The predicted molar refractivity (Wildman–Crippen MR) is 81.4 cm³/mol. The van der Waals surface area contributed by atoms with Crippen molar-refractivity contribution in [3.05, 3.63) is 29.3 Å². The maximum absolute atomic E-state index is 4.71. The number of hydrogen-bond donors (Lipinski definition) is 0. The minimum absolute atomic E-state index is 0.512. The van der Waals surface area contributed by atoms with Crippen molar-refractivity contribution < 1.29 is 0 Å². The van der Waals surface area contributed by atoms with Crippen molar-refractivity contribution in [3.63, 3.8) is 0 Å². The summed E-state index contributed by atoms with van der Waals surface area (Å²) in [5.74, 6) is 1.29. The summed E-state index contributed by atoms with van der Waals surface area (Å²) in [6.45, 7) is 6.14. The number of nitrogens with zero attached hydrogens (tertiary/aromatic N) is 6. The number of aromatic nitrogens is 5. The molecule has 0 saturated carbocycles. The van der Waals surface area contributed by atoms with E-state index in [1.807, 2.05) is 17.9 Å². The Morgan fingerprint density at radius 1 is 1.19 bits per heavy atom. The van der Waals surface area contributed by atoms with Crippen LogP contribution in [0.25, 0.3) is 0 Å². The van der Waals surface area contributed by atoms with Crippen LogP contribution in [0.5, 0.6) is 0 Å². The standard InChI is InChI=1S/C15H22N6/c1-4-13-14(5-2)18-19-15(17-13)21-7-6-11(10-21)12-8-16-20(3)9-12/h8-9,11H,4-7,10H2,1-3H3. The fraction of sp³-hybridized carbons (Fsp3) is 0.600. The lowest BCUT2D eigenvalue weighted by Gasteiger charge is -2.16. The molecule has 0 spiro atoms. The van der Waals surface area contributed by atoms with Gasteiger partial charge < -0.3 is 4.90 Å². The van der Waals surface area contributed by atoms with E-state index < -0.39 is 0 Å². The van der Waals surface area contributed by atoms with Crippen LogP contribution in [0.15, 0.2) is 12.4 Å². The lowest BCUT2D eigenvalue weighted by Crippen LogP contribution is -2.23. The monoisotopic (exact) mass is 286 g/mol. The maximum atomic E-state index is 4.71. The van der Waals surface area contributed by atoms with Crippen molar-refractivity contribution in [1.82, 2.24) is 25.0 Å². The summed E-state index contributed by atoms with van der Waals surface area (Å²) in [6, 6.07) is 0. The summed E-state index contributed by atoms with van der Waals surface area (Å²) in [6.07, 6.45) is 6.98. The quantitative estimate of drug-likeness (QED) is 0.856. The molecule has 1 aliphatic rings. The second kappa shape index (κ2) is 5.79. The summed E-state index contributed by atoms with van der Waals surface area (Å²) in [4.78, 5) is 6.95. The van der Waals surface area contributed by atoms with E-state index >= 15 is 0 Å². The molecule has 1 unspecified atom stereocenters. The first kappa shape index (κ1) is 14.0. The third-order valence-corrected chi connectivity index (χ3v) is 4.17. The molecular weight excluding hydrogens is 264 g/mol. The molecule has 0 radical (unpaired) electrons. The van der Waals surface area contributed by atoms with E-state index in [9.17, 15) is 0 Å². The van der Waals surface area contributed by atoms with Gasteiger partial charge in [0.15, 0.2) is 0 Å². The van der Waals surface area contributed by atoms with Crippen LogP contribution in [-0.2, 0) is 19.9 Å². The molecule has 3 rings (SSSR count). The van der Waals surface area contributed by atoms with Gasteiger partial charge in [-0.25, -0.2) is 4.98 Å². The highest BCUT2D eigenvalue weighted by Gasteiger charge is 2.27. The summed E-state index contributed by atoms with van der Waals surface area (Å²) < 4.78 is 1.86.